The number of carbonyl (C=O) groups is 1. The van der Waals surface area contributed by atoms with Crippen molar-refractivity contribution in [3.63, 3.8) is 0 Å². The van der Waals surface area contributed by atoms with Crippen molar-refractivity contribution in [3.8, 4) is 0 Å². The van der Waals surface area contributed by atoms with Crippen molar-refractivity contribution in [1.29, 1.82) is 0 Å². The van der Waals surface area contributed by atoms with Gasteiger partial charge < -0.3 is 4.74 Å². The van der Waals surface area contributed by atoms with Gasteiger partial charge in [-0.3, -0.25) is 9.69 Å². The number of fused-ring (bicyclic) bond motifs is 4. The fourth-order valence-corrected chi connectivity index (χ4v) is 5.43. The molecule has 0 N–H and O–H groups in total. The molecule has 3 nitrogen and oxygen atoms in total. The first-order valence-corrected chi connectivity index (χ1v) is 9.99. The van der Waals surface area contributed by atoms with Gasteiger partial charge in [0.15, 0.2) is 0 Å². The van der Waals surface area contributed by atoms with Gasteiger partial charge in [0.05, 0.1) is 17.5 Å². The topological polar surface area (TPSA) is 29.5 Å². The molecule has 1 heterocycles. The molecule has 2 atom stereocenters. The molecule has 138 valence electrons. The van der Waals surface area contributed by atoms with E-state index in [1.165, 1.54) is 0 Å². The van der Waals surface area contributed by atoms with Gasteiger partial charge in [0.25, 0.3) is 0 Å². The van der Waals surface area contributed by atoms with Crippen molar-refractivity contribution in [2.45, 2.75) is 31.8 Å². The normalized spacial score (nSPS) is 28.4. The van der Waals surface area contributed by atoms with E-state index in [9.17, 15) is 4.79 Å². The van der Waals surface area contributed by atoms with Gasteiger partial charge in [0.1, 0.15) is 0 Å². The Hall–Kier alpha value is -2.39. The van der Waals surface area contributed by atoms with Gasteiger partial charge in [-0.1, -0.05) is 48.6 Å². The van der Waals surface area contributed by atoms with Gasteiger partial charge in [0.2, 0.25) is 5.91 Å². The van der Waals surface area contributed by atoms with Crippen LogP contribution in [0.2, 0.25) is 0 Å². The minimum atomic E-state index is 0.107. The SMILES string of the molecule is COC1CC2CCC(C1)C2C(=O)N1c2ccccc2C=Cc2ccccc21. The fourth-order valence-electron chi connectivity index (χ4n) is 5.43. The largest absolute Gasteiger partial charge is 0.381 e. The summed E-state index contributed by atoms with van der Waals surface area (Å²) in [5.74, 6) is 1.25. The molecule has 0 aromatic heterocycles. The van der Waals surface area contributed by atoms with Gasteiger partial charge in [0, 0.05) is 13.0 Å². The Labute approximate surface area is 160 Å². The molecule has 2 unspecified atom stereocenters. The lowest BCUT2D eigenvalue weighted by Crippen LogP contribution is -2.42. The molecule has 5 rings (SSSR count). The number of ether oxygens (including phenoxy) is 1. The van der Waals surface area contributed by atoms with Gasteiger partial charge in [-0.15, -0.1) is 0 Å². The maximum Gasteiger partial charge on any atom is 0.235 e. The van der Waals surface area contributed by atoms with Crippen LogP contribution >= 0.6 is 0 Å². The number of carbonyl (C=O) groups excluding carboxylic acids is 1. The van der Waals surface area contributed by atoms with Crippen LogP contribution in [0.4, 0.5) is 11.4 Å². The summed E-state index contributed by atoms with van der Waals surface area (Å²) in [7, 11) is 1.80. The molecule has 0 spiro atoms. The standard InChI is InChI=1S/C24H25NO2/c1-27-20-14-18-12-13-19(15-20)23(18)24(26)25-21-8-4-2-6-16(21)10-11-17-7-3-5-9-22(17)25/h2-11,18-20,23H,12-15H2,1H3. The molecule has 3 heteroatoms. The quantitative estimate of drug-likeness (QED) is 0.729. The number of para-hydroxylation sites is 2. The number of nitrogens with zero attached hydrogens (tertiary/aromatic N) is 1. The van der Waals surface area contributed by atoms with E-state index in [-0.39, 0.29) is 11.8 Å². The highest BCUT2D eigenvalue weighted by Crippen LogP contribution is 2.50. The second-order valence-electron chi connectivity index (χ2n) is 8.08. The minimum absolute atomic E-state index is 0.107. The number of benzene rings is 2. The van der Waals surface area contributed by atoms with Crippen molar-refractivity contribution in [1.82, 2.24) is 0 Å². The van der Waals surface area contributed by atoms with Crippen LogP contribution in [0.25, 0.3) is 12.2 Å². The number of amides is 1. The van der Waals surface area contributed by atoms with Crippen LogP contribution in [-0.2, 0) is 9.53 Å². The second kappa shape index (κ2) is 6.65. The zero-order valence-electron chi connectivity index (χ0n) is 15.7. The van der Waals surface area contributed by atoms with Crippen molar-refractivity contribution in [2.24, 2.45) is 17.8 Å². The van der Waals surface area contributed by atoms with Crippen LogP contribution in [0.5, 0.6) is 0 Å². The van der Waals surface area contributed by atoms with E-state index < -0.39 is 0 Å². The summed E-state index contributed by atoms with van der Waals surface area (Å²) in [5.41, 5.74) is 4.19. The second-order valence-corrected chi connectivity index (χ2v) is 8.08. The van der Waals surface area contributed by atoms with Crippen molar-refractivity contribution < 1.29 is 9.53 Å². The van der Waals surface area contributed by atoms with Gasteiger partial charge in [-0.25, -0.2) is 0 Å². The summed E-state index contributed by atoms with van der Waals surface area (Å²) in [5, 5.41) is 0. The zero-order valence-corrected chi connectivity index (χ0v) is 15.7. The van der Waals surface area contributed by atoms with E-state index in [2.05, 4.69) is 36.4 Å². The van der Waals surface area contributed by atoms with E-state index in [4.69, 9.17) is 4.74 Å². The lowest BCUT2D eigenvalue weighted by molar-refractivity contribution is -0.126. The molecule has 2 aliphatic carbocycles. The average molecular weight is 359 g/mol. The molecule has 2 saturated carbocycles. The number of rotatable bonds is 2. The fraction of sp³-hybridized carbons (Fsp3) is 0.375. The number of anilines is 2. The Bertz CT molecular complexity index is 839. The molecule has 1 amide bonds. The monoisotopic (exact) mass is 359 g/mol. The maximum absolute atomic E-state index is 13.9. The highest BCUT2D eigenvalue weighted by Gasteiger charge is 2.48. The molecule has 27 heavy (non-hydrogen) atoms. The summed E-state index contributed by atoms with van der Waals surface area (Å²) in [6.45, 7) is 0. The molecule has 2 bridgehead atoms. The van der Waals surface area contributed by atoms with Crippen molar-refractivity contribution in [2.75, 3.05) is 12.0 Å². The van der Waals surface area contributed by atoms with E-state index in [0.717, 1.165) is 48.2 Å². The first kappa shape index (κ1) is 16.8. The number of hydrogen-bond donors (Lipinski definition) is 0. The third kappa shape index (κ3) is 2.72. The molecule has 2 fully saturated rings. The number of methoxy groups -OCH3 is 1. The highest BCUT2D eigenvalue weighted by molar-refractivity contribution is 6.07. The predicted octanol–water partition coefficient (Wildman–Crippen LogP) is 5.29. The minimum Gasteiger partial charge on any atom is -0.381 e. The zero-order chi connectivity index (χ0) is 18.4. The molecular weight excluding hydrogens is 334 g/mol. The third-order valence-electron chi connectivity index (χ3n) is 6.69. The summed E-state index contributed by atoms with van der Waals surface area (Å²) >= 11 is 0. The van der Waals surface area contributed by atoms with Crippen LogP contribution in [-0.4, -0.2) is 19.1 Å². The Kier molecular flexibility index (Phi) is 4.13. The van der Waals surface area contributed by atoms with Crippen LogP contribution in [0.15, 0.2) is 48.5 Å². The maximum atomic E-state index is 13.9. The molecule has 0 saturated heterocycles. The van der Waals surface area contributed by atoms with Crippen molar-refractivity contribution in [3.05, 3.63) is 59.7 Å². The van der Waals surface area contributed by atoms with Crippen LogP contribution in [0.1, 0.15) is 36.8 Å². The Morgan fingerprint density at radius 2 is 1.41 bits per heavy atom. The lowest BCUT2D eigenvalue weighted by atomic mass is 9.76. The Morgan fingerprint density at radius 3 is 1.93 bits per heavy atom. The van der Waals surface area contributed by atoms with Crippen LogP contribution in [0.3, 0.4) is 0 Å². The summed E-state index contributed by atoms with van der Waals surface area (Å²) in [4.78, 5) is 15.9. The molecule has 1 aliphatic heterocycles. The van der Waals surface area contributed by atoms with Crippen LogP contribution in [0, 0.1) is 17.8 Å². The average Bonchev–Trinajstić information content (AvgIpc) is 2.89. The highest BCUT2D eigenvalue weighted by atomic mass is 16.5. The van der Waals surface area contributed by atoms with Gasteiger partial charge in [-0.2, -0.15) is 0 Å². The first-order valence-electron chi connectivity index (χ1n) is 9.99. The predicted molar refractivity (Wildman–Crippen MR) is 109 cm³/mol. The molecule has 2 aromatic rings. The van der Waals surface area contributed by atoms with Gasteiger partial charge in [-0.05, 0) is 60.8 Å². The lowest BCUT2D eigenvalue weighted by Gasteiger charge is -2.37. The summed E-state index contributed by atoms with van der Waals surface area (Å²) < 4.78 is 5.64. The first-order chi connectivity index (χ1) is 13.3. The summed E-state index contributed by atoms with van der Waals surface area (Å²) in [6, 6.07) is 16.5. The van der Waals surface area contributed by atoms with E-state index >= 15 is 0 Å². The smallest absolute Gasteiger partial charge is 0.235 e. The van der Waals surface area contributed by atoms with E-state index in [1.54, 1.807) is 7.11 Å². The number of hydrogen-bond acceptors (Lipinski definition) is 2. The molecule has 2 aromatic carbocycles. The molecule has 0 radical (unpaired) electrons. The van der Waals surface area contributed by atoms with Gasteiger partial charge >= 0.3 is 0 Å². The van der Waals surface area contributed by atoms with Crippen LogP contribution < -0.4 is 4.90 Å². The Morgan fingerprint density at radius 1 is 0.889 bits per heavy atom. The molecule has 3 aliphatic rings. The van der Waals surface area contributed by atoms with Crippen molar-refractivity contribution >= 4 is 29.4 Å². The van der Waals surface area contributed by atoms with E-state index in [0.29, 0.717) is 17.9 Å². The third-order valence-corrected chi connectivity index (χ3v) is 6.69. The molecular formula is C24H25NO2. The summed E-state index contributed by atoms with van der Waals surface area (Å²) in [6.07, 6.45) is 8.89. The Balaban J connectivity index is 1.58. The van der Waals surface area contributed by atoms with E-state index in [1.807, 2.05) is 29.2 Å².